The van der Waals surface area contributed by atoms with E-state index in [2.05, 4.69) is 49.3 Å². The number of aryl methyl sites for hydroxylation is 2. The molecule has 2 aliphatic heterocycles. The van der Waals surface area contributed by atoms with Crippen LogP contribution >= 0.6 is 11.3 Å². The van der Waals surface area contributed by atoms with Gasteiger partial charge in [0.2, 0.25) is 12.3 Å². The largest absolute Gasteiger partial charge is 0.381 e. The number of rotatable bonds is 7. The van der Waals surface area contributed by atoms with Crippen LogP contribution in [0.5, 0.6) is 0 Å². The van der Waals surface area contributed by atoms with Gasteiger partial charge in [0.15, 0.2) is 0 Å². The molecule has 0 spiro atoms. The summed E-state index contributed by atoms with van der Waals surface area (Å²) in [7, 11) is 0. The molecule has 1 unspecified atom stereocenters. The number of nitrogens with zero attached hydrogens (tertiary/aromatic N) is 4. The van der Waals surface area contributed by atoms with Gasteiger partial charge < -0.3 is 21.3 Å². The van der Waals surface area contributed by atoms with E-state index in [4.69, 9.17) is 0 Å². The minimum absolute atomic E-state index is 0.0268. The molecule has 1 atom stereocenters. The molecule has 4 N–H and O–H groups in total. The summed E-state index contributed by atoms with van der Waals surface area (Å²) in [5.41, 5.74) is 5.30. The summed E-state index contributed by atoms with van der Waals surface area (Å²) in [5, 5.41) is 20.5. The topological polar surface area (TPSA) is 117 Å². The van der Waals surface area contributed by atoms with Crippen molar-refractivity contribution in [3.63, 3.8) is 0 Å². The molecule has 3 aromatic rings. The molecule has 11 heteroatoms. The van der Waals surface area contributed by atoms with E-state index in [0.29, 0.717) is 24.7 Å². The van der Waals surface area contributed by atoms with Crippen LogP contribution in [0, 0.1) is 6.92 Å². The van der Waals surface area contributed by atoms with Crippen LogP contribution < -0.4 is 21.3 Å². The summed E-state index contributed by atoms with van der Waals surface area (Å²) in [4.78, 5) is 24.7. The Balaban J connectivity index is 0.000000149. The van der Waals surface area contributed by atoms with Crippen molar-refractivity contribution in [2.75, 3.05) is 6.54 Å². The Kier molecular flexibility index (Phi) is 7.19. The molecule has 0 saturated heterocycles. The second-order valence-electron chi connectivity index (χ2n) is 9.41. The lowest BCUT2D eigenvalue weighted by atomic mass is 9.93. The molecular formula is C25H32N8O2S. The third kappa shape index (κ3) is 5.21. The average molecular weight is 509 g/mol. The quantitative estimate of drug-likeness (QED) is 0.364. The summed E-state index contributed by atoms with van der Waals surface area (Å²) in [6.45, 7) is 5.42. The van der Waals surface area contributed by atoms with Crippen molar-refractivity contribution < 1.29 is 9.59 Å². The zero-order valence-corrected chi connectivity index (χ0v) is 21.4. The van der Waals surface area contributed by atoms with Gasteiger partial charge in [-0.3, -0.25) is 14.3 Å². The summed E-state index contributed by atoms with van der Waals surface area (Å²) in [6, 6.07) is 0.519. The van der Waals surface area contributed by atoms with Crippen molar-refractivity contribution in [1.82, 2.24) is 40.7 Å². The van der Waals surface area contributed by atoms with Gasteiger partial charge in [0, 0.05) is 47.5 Å². The summed E-state index contributed by atoms with van der Waals surface area (Å²) < 4.78 is 4.10. The van der Waals surface area contributed by atoms with Crippen LogP contribution in [0.2, 0.25) is 0 Å². The molecule has 2 amide bonds. The van der Waals surface area contributed by atoms with Crippen molar-refractivity contribution in [3.8, 4) is 10.4 Å². The summed E-state index contributed by atoms with van der Waals surface area (Å²) in [5.74, 6) is -0.0730. The molecule has 3 aliphatic rings. The highest BCUT2D eigenvalue weighted by molar-refractivity contribution is 7.20. The van der Waals surface area contributed by atoms with Crippen molar-refractivity contribution in [3.05, 3.63) is 53.5 Å². The second kappa shape index (κ2) is 10.7. The minimum Gasteiger partial charge on any atom is -0.381 e. The van der Waals surface area contributed by atoms with Crippen molar-refractivity contribution in [2.24, 2.45) is 0 Å². The van der Waals surface area contributed by atoms with Gasteiger partial charge in [0.1, 0.15) is 4.83 Å². The predicted octanol–water partition coefficient (Wildman–Crippen LogP) is 2.22. The zero-order valence-electron chi connectivity index (χ0n) is 20.6. The predicted molar refractivity (Wildman–Crippen MR) is 139 cm³/mol. The van der Waals surface area contributed by atoms with Crippen LogP contribution in [-0.4, -0.2) is 50.3 Å². The molecule has 1 fully saturated rings. The number of fused-ring (bicyclic) bond motifs is 2. The van der Waals surface area contributed by atoms with E-state index in [1.54, 1.807) is 23.6 Å². The zero-order chi connectivity index (χ0) is 25.1. The molecule has 5 heterocycles. The second-order valence-corrected chi connectivity index (χ2v) is 10.4. The number of carbonyl (C=O) groups is 2. The van der Waals surface area contributed by atoms with Crippen LogP contribution in [0.4, 0.5) is 0 Å². The van der Waals surface area contributed by atoms with E-state index in [-0.39, 0.29) is 11.9 Å². The lowest BCUT2D eigenvalue weighted by molar-refractivity contribution is -0.119. The molecule has 3 aromatic heterocycles. The number of nitrogens with one attached hydrogen (secondary N) is 4. The van der Waals surface area contributed by atoms with E-state index in [1.807, 2.05) is 23.8 Å². The standard InChI is InChI=1S/C13H20N4O2.C12H12N4S/c1-9-12(16-8-18)5-11(6-14-9)17-13(19)7-15-10-3-2-4-10;1-8-5-13-16-7-11(17-12(8)16)9-6-14-15-4-2-3-10(9)15/h5-6,8-10,14-15H,2-4,7H2,1H3,(H,16,18)(H,17,19);5-7H,2-4H2,1H3. The van der Waals surface area contributed by atoms with Gasteiger partial charge in [0.25, 0.3) is 0 Å². The van der Waals surface area contributed by atoms with Gasteiger partial charge in [-0.05, 0) is 45.6 Å². The van der Waals surface area contributed by atoms with Crippen molar-refractivity contribution in [1.29, 1.82) is 0 Å². The monoisotopic (exact) mass is 508 g/mol. The highest BCUT2D eigenvalue weighted by Crippen LogP contribution is 2.34. The Morgan fingerprint density at radius 3 is 2.89 bits per heavy atom. The highest BCUT2D eigenvalue weighted by Gasteiger charge is 2.20. The Hall–Kier alpha value is -3.44. The van der Waals surface area contributed by atoms with Gasteiger partial charge in [-0.25, -0.2) is 4.52 Å². The summed E-state index contributed by atoms with van der Waals surface area (Å²) in [6.07, 6.45) is 16.1. The molecule has 0 bridgehead atoms. The molecule has 10 nitrogen and oxygen atoms in total. The highest BCUT2D eigenvalue weighted by atomic mass is 32.1. The SMILES string of the molecule is CC1NC=C(NC(=O)CNC2CCC2)C=C1NC=O.Cc1cnn2cc(-c3cnn4c3CCC4)sc12. The smallest absolute Gasteiger partial charge is 0.238 e. The number of allylic oxidation sites excluding steroid dienone is 1. The van der Waals surface area contributed by atoms with Crippen LogP contribution in [0.15, 0.2) is 42.3 Å². The van der Waals surface area contributed by atoms with E-state index in [9.17, 15) is 9.59 Å². The lowest BCUT2D eigenvalue weighted by Crippen LogP contribution is -2.43. The van der Waals surface area contributed by atoms with Crippen LogP contribution in [0.3, 0.4) is 0 Å². The van der Waals surface area contributed by atoms with E-state index >= 15 is 0 Å². The summed E-state index contributed by atoms with van der Waals surface area (Å²) >= 11 is 1.80. The third-order valence-electron chi connectivity index (χ3n) is 6.80. The van der Waals surface area contributed by atoms with Crippen molar-refractivity contribution in [2.45, 2.75) is 64.6 Å². The number of aromatic nitrogens is 4. The molecule has 190 valence electrons. The molecule has 0 radical (unpaired) electrons. The average Bonchev–Trinajstić information content (AvgIpc) is 3.59. The lowest BCUT2D eigenvalue weighted by Gasteiger charge is -2.26. The fourth-order valence-corrected chi connectivity index (χ4v) is 5.54. The Bertz CT molecular complexity index is 1310. The molecule has 36 heavy (non-hydrogen) atoms. The van der Waals surface area contributed by atoms with Crippen LogP contribution in [0.25, 0.3) is 15.3 Å². The maximum absolute atomic E-state index is 11.7. The maximum Gasteiger partial charge on any atom is 0.238 e. The molecule has 1 aliphatic carbocycles. The van der Waals surface area contributed by atoms with E-state index in [1.165, 1.54) is 39.4 Å². The molecule has 6 rings (SSSR count). The number of amides is 2. The van der Waals surface area contributed by atoms with Gasteiger partial charge in [-0.2, -0.15) is 10.2 Å². The van der Waals surface area contributed by atoms with E-state index in [0.717, 1.165) is 31.5 Å². The number of dihydropyridines is 1. The number of thiazole rings is 1. The Labute approximate surface area is 213 Å². The molecule has 1 saturated carbocycles. The minimum atomic E-state index is -0.0730. The first-order valence-corrected chi connectivity index (χ1v) is 13.2. The fraction of sp³-hybridized carbons (Fsp3) is 0.440. The van der Waals surface area contributed by atoms with Crippen molar-refractivity contribution >= 4 is 28.5 Å². The molecular weight excluding hydrogens is 476 g/mol. The first-order chi connectivity index (χ1) is 17.5. The number of carbonyl (C=O) groups excluding carboxylic acids is 2. The maximum atomic E-state index is 11.7. The molecule has 0 aromatic carbocycles. The first kappa shape index (κ1) is 24.3. The Morgan fingerprint density at radius 1 is 1.28 bits per heavy atom. The van der Waals surface area contributed by atoms with Gasteiger partial charge in [0.05, 0.1) is 35.6 Å². The third-order valence-corrected chi connectivity index (χ3v) is 8.04. The van der Waals surface area contributed by atoms with Crippen LogP contribution in [-0.2, 0) is 22.6 Å². The van der Waals surface area contributed by atoms with Gasteiger partial charge in [-0.15, -0.1) is 11.3 Å². The van der Waals surface area contributed by atoms with Gasteiger partial charge >= 0.3 is 0 Å². The number of hydrogen-bond acceptors (Lipinski definition) is 7. The number of hydrogen-bond donors (Lipinski definition) is 4. The van der Waals surface area contributed by atoms with Gasteiger partial charge in [-0.1, -0.05) is 6.42 Å². The normalized spacial score (nSPS) is 18.8. The fourth-order valence-electron chi connectivity index (χ4n) is 4.49. The van der Waals surface area contributed by atoms with Crippen LogP contribution in [0.1, 0.15) is 43.9 Å². The first-order valence-electron chi connectivity index (χ1n) is 12.4. The van der Waals surface area contributed by atoms with E-state index < -0.39 is 0 Å². The Morgan fingerprint density at radius 2 is 2.14 bits per heavy atom.